The molecule has 0 aliphatic heterocycles. The number of ether oxygens (including phenoxy) is 2. The monoisotopic (exact) mass is 260 g/mol. The van der Waals surface area contributed by atoms with Crippen molar-refractivity contribution in [1.29, 1.82) is 0 Å². The molecule has 0 amide bonds. The predicted octanol–water partition coefficient (Wildman–Crippen LogP) is 2.12. The third kappa shape index (κ3) is 3.13. The van der Waals surface area contributed by atoms with Crippen LogP contribution in [0.2, 0.25) is 0 Å². The van der Waals surface area contributed by atoms with Gasteiger partial charge in [0, 0.05) is 18.0 Å². The predicted molar refractivity (Wildman–Crippen MR) is 70.8 cm³/mol. The first-order valence-corrected chi connectivity index (χ1v) is 6.05. The van der Waals surface area contributed by atoms with Crippen LogP contribution in [0.25, 0.3) is 11.4 Å². The number of rotatable bonds is 5. The zero-order valence-electron chi connectivity index (χ0n) is 11.0. The maximum absolute atomic E-state index is 11.5. The van der Waals surface area contributed by atoms with Gasteiger partial charge in [0.25, 0.3) is 0 Å². The van der Waals surface area contributed by atoms with E-state index in [4.69, 9.17) is 9.47 Å². The molecule has 1 heterocycles. The quantitative estimate of drug-likeness (QED) is 0.773. The van der Waals surface area contributed by atoms with Gasteiger partial charge in [-0.3, -0.25) is 4.79 Å². The Bertz CT molecular complexity index is 563. The number of carbonyl (C=O) groups is 1. The van der Waals surface area contributed by atoms with Gasteiger partial charge in [0.15, 0.2) is 0 Å². The molecule has 2 rings (SSSR count). The van der Waals surface area contributed by atoms with Crippen molar-refractivity contribution < 1.29 is 14.3 Å². The SMILES string of the molecule is CCOC(=O)Cn1ccnc1-c1cccc(OC)c1. The minimum Gasteiger partial charge on any atom is -0.497 e. The Labute approximate surface area is 111 Å². The van der Waals surface area contributed by atoms with E-state index in [2.05, 4.69) is 4.98 Å². The molecule has 19 heavy (non-hydrogen) atoms. The van der Waals surface area contributed by atoms with Crippen LogP contribution in [0.3, 0.4) is 0 Å². The van der Waals surface area contributed by atoms with Crippen LogP contribution in [-0.2, 0) is 16.1 Å². The average Bonchev–Trinajstić information content (AvgIpc) is 2.87. The first-order valence-electron chi connectivity index (χ1n) is 6.05. The first kappa shape index (κ1) is 13.1. The number of esters is 1. The van der Waals surface area contributed by atoms with Crippen LogP contribution in [-0.4, -0.2) is 29.2 Å². The highest BCUT2D eigenvalue weighted by Crippen LogP contribution is 2.22. The van der Waals surface area contributed by atoms with E-state index < -0.39 is 0 Å². The molecule has 0 saturated heterocycles. The number of imidazole rings is 1. The summed E-state index contributed by atoms with van der Waals surface area (Å²) in [5.41, 5.74) is 0.897. The summed E-state index contributed by atoms with van der Waals surface area (Å²) in [7, 11) is 1.62. The minimum atomic E-state index is -0.273. The van der Waals surface area contributed by atoms with Crippen LogP contribution < -0.4 is 4.74 Å². The molecular weight excluding hydrogens is 244 g/mol. The second-order valence-corrected chi connectivity index (χ2v) is 3.92. The second kappa shape index (κ2) is 6.04. The van der Waals surface area contributed by atoms with Gasteiger partial charge in [-0.05, 0) is 19.1 Å². The molecule has 0 spiro atoms. The minimum absolute atomic E-state index is 0.153. The van der Waals surface area contributed by atoms with E-state index in [9.17, 15) is 4.79 Å². The van der Waals surface area contributed by atoms with Gasteiger partial charge in [-0.25, -0.2) is 4.98 Å². The van der Waals surface area contributed by atoms with Crippen LogP contribution in [0.5, 0.6) is 5.75 Å². The molecule has 0 unspecified atom stereocenters. The highest BCUT2D eigenvalue weighted by molar-refractivity contribution is 5.70. The van der Waals surface area contributed by atoms with Crippen molar-refractivity contribution in [3.8, 4) is 17.1 Å². The molecule has 0 fully saturated rings. The lowest BCUT2D eigenvalue weighted by atomic mass is 10.2. The van der Waals surface area contributed by atoms with Gasteiger partial charge in [-0.1, -0.05) is 12.1 Å². The molecule has 0 radical (unpaired) electrons. The Morgan fingerprint density at radius 1 is 1.42 bits per heavy atom. The number of nitrogens with zero attached hydrogens (tertiary/aromatic N) is 2. The Morgan fingerprint density at radius 2 is 2.26 bits per heavy atom. The lowest BCUT2D eigenvalue weighted by Gasteiger charge is -2.08. The smallest absolute Gasteiger partial charge is 0.325 e. The van der Waals surface area contributed by atoms with Crippen molar-refractivity contribution in [2.24, 2.45) is 0 Å². The van der Waals surface area contributed by atoms with Crippen LogP contribution in [0.1, 0.15) is 6.92 Å². The summed E-state index contributed by atoms with van der Waals surface area (Å²) in [5, 5.41) is 0. The largest absolute Gasteiger partial charge is 0.497 e. The van der Waals surface area contributed by atoms with Crippen molar-refractivity contribution >= 4 is 5.97 Å². The molecule has 0 bridgehead atoms. The molecule has 5 heteroatoms. The van der Waals surface area contributed by atoms with Gasteiger partial charge >= 0.3 is 5.97 Å². The van der Waals surface area contributed by atoms with Crippen molar-refractivity contribution in [2.45, 2.75) is 13.5 Å². The molecular formula is C14H16N2O3. The summed E-state index contributed by atoms with van der Waals surface area (Å²) in [6.07, 6.45) is 3.42. The molecule has 0 aliphatic carbocycles. The van der Waals surface area contributed by atoms with Crippen molar-refractivity contribution in [1.82, 2.24) is 9.55 Å². The van der Waals surface area contributed by atoms with E-state index in [1.807, 2.05) is 24.3 Å². The fourth-order valence-electron chi connectivity index (χ4n) is 1.80. The summed E-state index contributed by atoms with van der Waals surface area (Å²) in [4.78, 5) is 15.8. The number of hydrogen-bond acceptors (Lipinski definition) is 4. The molecule has 0 aliphatic rings. The molecule has 1 aromatic carbocycles. The fraction of sp³-hybridized carbons (Fsp3) is 0.286. The Kier molecular flexibility index (Phi) is 4.18. The van der Waals surface area contributed by atoms with E-state index in [1.54, 1.807) is 31.0 Å². The fourth-order valence-corrected chi connectivity index (χ4v) is 1.80. The van der Waals surface area contributed by atoms with Crippen molar-refractivity contribution in [2.75, 3.05) is 13.7 Å². The third-order valence-corrected chi connectivity index (χ3v) is 2.65. The number of hydrogen-bond donors (Lipinski definition) is 0. The summed E-state index contributed by atoms with van der Waals surface area (Å²) in [6.45, 7) is 2.32. The number of carbonyl (C=O) groups excluding carboxylic acids is 1. The van der Waals surface area contributed by atoms with Gasteiger partial charge in [0.2, 0.25) is 0 Å². The standard InChI is InChI=1S/C14H16N2O3/c1-3-19-13(17)10-16-8-7-15-14(16)11-5-4-6-12(9-11)18-2/h4-9H,3,10H2,1-2H3. The van der Waals surface area contributed by atoms with Crippen LogP contribution in [0.4, 0.5) is 0 Å². The van der Waals surface area contributed by atoms with Gasteiger partial charge in [-0.15, -0.1) is 0 Å². The Morgan fingerprint density at radius 3 is 3.00 bits per heavy atom. The van der Waals surface area contributed by atoms with Crippen LogP contribution in [0, 0.1) is 0 Å². The molecule has 2 aromatic rings. The van der Waals surface area contributed by atoms with Gasteiger partial charge in [0.1, 0.15) is 18.1 Å². The zero-order valence-corrected chi connectivity index (χ0v) is 11.0. The maximum Gasteiger partial charge on any atom is 0.325 e. The van der Waals surface area contributed by atoms with Crippen LogP contribution >= 0.6 is 0 Å². The summed E-state index contributed by atoms with van der Waals surface area (Å²) in [5.74, 6) is 1.19. The second-order valence-electron chi connectivity index (χ2n) is 3.92. The molecule has 5 nitrogen and oxygen atoms in total. The van der Waals surface area contributed by atoms with E-state index in [0.717, 1.165) is 11.3 Å². The lowest BCUT2D eigenvalue weighted by molar-refractivity contribution is -0.143. The molecule has 0 atom stereocenters. The maximum atomic E-state index is 11.5. The van der Waals surface area contributed by atoms with E-state index in [1.165, 1.54) is 0 Å². The van der Waals surface area contributed by atoms with Gasteiger partial charge in [0.05, 0.1) is 13.7 Å². The number of aromatic nitrogens is 2. The molecule has 1 aromatic heterocycles. The van der Waals surface area contributed by atoms with Crippen molar-refractivity contribution in [3.63, 3.8) is 0 Å². The van der Waals surface area contributed by atoms with Gasteiger partial charge < -0.3 is 14.0 Å². The van der Waals surface area contributed by atoms with Crippen LogP contribution in [0.15, 0.2) is 36.7 Å². The molecule has 0 N–H and O–H groups in total. The molecule has 0 saturated carbocycles. The Balaban J connectivity index is 2.25. The number of methoxy groups -OCH3 is 1. The summed E-state index contributed by atoms with van der Waals surface area (Å²) < 4.78 is 11.9. The summed E-state index contributed by atoms with van der Waals surface area (Å²) >= 11 is 0. The lowest BCUT2D eigenvalue weighted by Crippen LogP contribution is -2.13. The Hall–Kier alpha value is -2.30. The number of benzene rings is 1. The topological polar surface area (TPSA) is 53.4 Å². The normalized spacial score (nSPS) is 10.2. The highest BCUT2D eigenvalue weighted by atomic mass is 16.5. The first-order chi connectivity index (χ1) is 9.24. The van der Waals surface area contributed by atoms with E-state index in [-0.39, 0.29) is 12.5 Å². The highest BCUT2D eigenvalue weighted by Gasteiger charge is 2.10. The van der Waals surface area contributed by atoms with E-state index in [0.29, 0.717) is 12.4 Å². The van der Waals surface area contributed by atoms with Gasteiger partial charge in [-0.2, -0.15) is 0 Å². The van der Waals surface area contributed by atoms with E-state index >= 15 is 0 Å². The van der Waals surface area contributed by atoms with Crippen molar-refractivity contribution in [3.05, 3.63) is 36.7 Å². The zero-order chi connectivity index (χ0) is 13.7. The molecule has 100 valence electrons. The summed E-state index contributed by atoms with van der Waals surface area (Å²) in [6, 6.07) is 7.55. The third-order valence-electron chi connectivity index (χ3n) is 2.65. The average molecular weight is 260 g/mol.